The van der Waals surface area contributed by atoms with Crippen LogP contribution in [-0.2, 0) is 14.3 Å². The van der Waals surface area contributed by atoms with Crippen molar-refractivity contribution in [3.8, 4) is 0 Å². The average Bonchev–Trinajstić information content (AvgIpc) is 2.69. The van der Waals surface area contributed by atoms with Crippen LogP contribution in [0.25, 0.3) is 0 Å². The summed E-state index contributed by atoms with van der Waals surface area (Å²) in [5.41, 5.74) is 0. The van der Waals surface area contributed by atoms with Crippen LogP contribution < -0.4 is 5.32 Å². The highest BCUT2D eigenvalue weighted by Gasteiger charge is 2.26. The minimum absolute atomic E-state index is 0.0925. The fourth-order valence-electron chi connectivity index (χ4n) is 1.39. The Morgan fingerprint density at radius 3 is 2.79 bits per heavy atom. The van der Waals surface area contributed by atoms with Gasteiger partial charge in [0.2, 0.25) is 5.91 Å². The zero-order valence-corrected chi connectivity index (χ0v) is 8.58. The summed E-state index contributed by atoms with van der Waals surface area (Å²) in [6.07, 6.45) is 1.34. The molecule has 0 spiro atoms. The molecular weight excluding hydrogens is 184 g/mol. The molecule has 0 aromatic rings. The van der Waals surface area contributed by atoms with E-state index in [1.54, 1.807) is 14.1 Å². The Labute approximate surface area is 83.4 Å². The van der Waals surface area contributed by atoms with Gasteiger partial charge in [-0.3, -0.25) is 9.59 Å². The van der Waals surface area contributed by atoms with Gasteiger partial charge >= 0.3 is 0 Å². The second-order valence-corrected chi connectivity index (χ2v) is 3.37. The lowest BCUT2D eigenvalue weighted by molar-refractivity contribution is -0.142. The van der Waals surface area contributed by atoms with Gasteiger partial charge in [0.25, 0.3) is 5.91 Å². The Balaban J connectivity index is 2.39. The number of hydrogen-bond donors (Lipinski definition) is 1. The number of rotatable bonds is 3. The molecule has 14 heavy (non-hydrogen) atoms. The third-order valence-electron chi connectivity index (χ3n) is 2.24. The zero-order valence-electron chi connectivity index (χ0n) is 8.58. The van der Waals surface area contributed by atoms with E-state index >= 15 is 0 Å². The van der Waals surface area contributed by atoms with Crippen LogP contribution in [0.5, 0.6) is 0 Å². The van der Waals surface area contributed by atoms with E-state index in [0.717, 1.165) is 12.8 Å². The summed E-state index contributed by atoms with van der Waals surface area (Å²) in [7, 11) is 3.16. The molecule has 5 heteroatoms. The first-order valence-electron chi connectivity index (χ1n) is 4.72. The molecule has 1 atom stereocenters. The predicted octanol–water partition coefficient (Wildman–Crippen LogP) is -0.630. The van der Waals surface area contributed by atoms with Gasteiger partial charge < -0.3 is 15.0 Å². The summed E-state index contributed by atoms with van der Waals surface area (Å²) in [4.78, 5) is 24.0. The first-order valence-corrected chi connectivity index (χ1v) is 4.72. The highest BCUT2D eigenvalue weighted by Crippen LogP contribution is 2.13. The summed E-state index contributed by atoms with van der Waals surface area (Å²) in [5, 5.41) is 2.47. The fraction of sp³-hybridized carbons (Fsp3) is 0.778. The molecule has 2 amide bonds. The molecule has 5 nitrogen and oxygen atoms in total. The smallest absolute Gasteiger partial charge is 0.251 e. The number of ether oxygens (including phenoxy) is 1. The van der Waals surface area contributed by atoms with Crippen LogP contribution in [0.1, 0.15) is 12.8 Å². The first kappa shape index (κ1) is 11.0. The standard InChI is InChI=1S/C9H16N2O3/c1-10-8(12)6-11(2)9(13)7-4-3-5-14-7/h7H,3-6H2,1-2H3,(H,10,12). The predicted molar refractivity (Wildman–Crippen MR) is 50.7 cm³/mol. The van der Waals surface area contributed by atoms with Gasteiger partial charge in [-0.15, -0.1) is 0 Å². The van der Waals surface area contributed by atoms with Gasteiger partial charge in [-0.1, -0.05) is 0 Å². The molecule has 0 aromatic carbocycles. The number of nitrogens with one attached hydrogen (secondary N) is 1. The molecule has 1 unspecified atom stereocenters. The quantitative estimate of drug-likeness (QED) is 0.660. The van der Waals surface area contributed by atoms with Crippen LogP contribution in [0.3, 0.4) is 0 Å². The topological polar surface area (TPSA) is 58.6 Å². The summed E-state index contributed by atoms with van der Waals surface area (Å²) >= 11 is 0. The van der Waals surface area contributed by atoms with E-state index in [9.17, 15) is 9.59 Å². The van der Waals surface area contributed by atoms with Crippen molar-refractivity contribution < 1.29 is 14.3 Å². The van der Waals surface area contributed by atoms with Crippen LogP contribution in [-0.4, -0.2) is 50.1 Å². The molecule has 1 aliphatic rings. The second kappa shape index (κ2) is 4.95. The summed E-state index contributed by atoms with van der Waals surface area (Å²) in [6, 6.07) is 0. The van der Waals surface area contributed by atoms with Crippen molar-refractivity contribution in [2.24, 2.45) is 0 Å². The SMILES string of the molecule is CNC(=O)CN(C)C(=O)C1CCCO1. The molecule has 0 saturated carbocycles. The second-order valence-electron chi connectivity index (χ2n) is 3.37. The van der Waals surface area contributed by atoms with Crippen molar-refractivity contribution in [2.45, 2.75) is 18.9 Å². The van der Waals surface area contributed by atoms with Gasteiger partial charge in [0.1, 0.15) is 6.10 Å². The molecule has 1 saturated heterocycles. The molecule has 0 aromatic heterocycles. The zero-order chi connectivity index (χ0) is 10.6. The number of amides is 2. The number of nitrogens with zero attached hydrogens (tertiary/aromatic N) is 1. The Hall–Kier alpha value is -1.10. The lowest BCUT2D eigenvalue weighted by Crippen LogP contribution is -2.41. The van der Waals surface area contributed by atoms with Crippen LogP contribution in [0.15, 0.2) is 0 Å². The van der Waals surface area contributed by atoms with Crippen LogP contribution in [0, 0.1) is 0 Å². The van der Waals surface area contributed by atoms with E-state index in [2.05, 4.69) is 5.32 Å². The number of hydrogen-bond acceptors (Lipinski definition) is 3. The van der Waals surface area contributed by atoms with Gasteiger partial charge in [-0.05, 0) is 12.8 Å². The molecular formula is C9H16N2O3. The molecule has 0 aliphatic carbocycles. The van der Waals surface area contributed by atoms with E-state index in [0.29, 0.717) is 6.61 Å². The van der Waals surface area contributed by atoms with E-state index < -0.39 is 0 Å². The molecule has 0 bridgehead atoms. The van der Waals surface area contributed by atoms with Gasteiger partial charge in [0, 0.05) is 20.7 Å². The molecule has 1 fully saturated rings. The van der Waals surface area contributed by atoms with E-state index in [4.69, 9.17) is 4.74 Å². The highest BCUT2D eigenvalue weighted by molar-refractivity contribution is 5.86. The summed E-state index contributed by atoms with van der Waals surface area (Å²) < 4.78 is 5.23. The Morgan fingerprint density at radius 2 is 2.29 bits per heavy atom. The maximum absolute atomic E-state index is 11.6. The van der Waals surface area contributed by atoms with Crippen molar-refractivity contribution in [1.82, 2.24) is 10.2 Å². The van der Waals surface area contributed by atoms with Crippen molar-refractivity contribution in [1.29, 1.82) is 0 Å². The number of carbonyl (C=O) groups is 2. The largest absolute Gasteiger partial charge is 0.368 e. The van der Waals surface area contributed by atoms with Crippen LogP contribution in [0.2, 0.25) is 0 Å². The van der Waals surface area contributed by atoms with Gasteiger partial charge in [-0.25, -0.2) is 0 Å². The molecule has 1 heterocycles. The average molecular weight is 200 g/mol. The molecule has 1 rings (SSSR count). The lowest BCUT2D eigenvalue weighted by atomic mass is 10.2. The van der Waals surface area contributed by atoms with E-state index in [-0.39, 0.29) is 24.5 Å². The van der Waals surface area contributed by atoms with Crippen LogP contribution >= 0.6 is 0 Å². The number of carbonyl (C=O) groups excluding carboxylic acids is 2. The Morgan fingerprint density at radius 1 is 1.57 bits per heavy atom. The van der Waals surface area contributed by atoms with E-state index in [1.165, 1.54) is 4.90 Å². The third kappa shape index (κ3) is 2.70. The van der Waals surface area contributed by atoms with Gasteiger partial charge in [-0.2, -0.15) is 0 Å². The first-order chi connectivity index (χ1) is 6.65. The maximum atomic E-state index is 11.6. The number of likely N-dealkylation sites (N-methyl/N-ethyl adjacent to an activating group) is 2. The van der Waals surface area contributed by atoms with Gasteiger partial charge in [0.05, 0.1) is 6.54 Å². The van der Waals surface area contributed by atoms with Crippen LogP contribution in [0.4, 0.5) is 0 Å². The lowest BCUT2D eigenvalue weighted by Gasteiger charge is -2.19. The van der Waals surface area contributed by atoms with Gasteiger partial charge in [0.15, 0.2) is 0 Å². The Bertz CT molecular complexity index is 224. The monoisotopic (exact) mass is 200 g/mol. The highest BCUT2D eigenvalue weighted by atomic mass is 16.5. The summed E-state index contributed by atoms with van der Waals surface area (Å²) in [6.45, 7) is 0.736. The van der Waals surface area contributed by atoms with Crippen molar-refractivity contribution in [2.75, 3.05) is 27.2 Å². The third-order valence-corrected chi connectivity index (χ3v) is 2.24. The Kier molecular flexibility index (Phi) is 3.88. The van der Waals surface area contributed by atoms with Crippen molar-refractivity contribution >= 4 is 11.8 Å². The normalized spacial score (nSPS) is 20.6. The molecule has 1 N–H and O–H groups in total. The van der Waals surface area contributed by atoms with Crippen molar-refractivity contribution in [3.05, 3.63) is 0 Å². The van der Waals surface area contributed by atoms with E-state index in [1.807, 2.05) is 0 Å². The minimum atomic E-state index is -0.343. The fourth-order valence-corrected chi connectivity index (χ4v) is 1.39. The maximum Gasteiger partial charge on any atom is 0.251 e. The molecule has 0 radical (unpaired) electrons. The van der Waals surface area contributed by atoms with Crippen molar-refractivity contribution in [3.63, 3.8) is 0 Å². The molecule has 1 aliphatic heterocycles. The summed E-state index contributed by atoms with van der Waals surface area (Å²) in [5.74, 6) is -0.273. The minimum Gasteiger partial charge on any atom is -0.368 e. The molecule has 80 valence electrons.